The maximum absolute atomic E-state index is 5.72. The fraction of sp³-hybridized carbons (Fsp3) is 1.00. The molecule has 0 radical (unpaired) electrons. The first-order valence-electron chi connectivity index (χ1n) is 5.58. The third-order valence-corrected chi connectivity index (χ3v) is 2.38. The molecule has 3 atom stereocenters. The van der Waals surface area contributed by atoms with E-state index in [4.69, 9.17) is 15.2 Å². The first-order chi connectivity index (χ1) is 6.60. The van der Waals surface area contributed by atoms with Crippen molar-refractivity contribution >= 4 is 0 Å². The molecule has 0 saturated heterocycles. The Hall–Kier alpha value is -0.120. The standard InChI is InChI=1S/C11H25NO2/c1-5-9(3)7-13-10(4)14-8-11(12)6-2/h9-11H,5-8,12H2,1-4H3. The molecule has 0 aromatic carbocycles. The van der Waals surface area contributed by atoms with Gasteiger partial charge in [0.1, 0.15) is 0 Å². The van der Waals surface area contributed by atoms with Gasteiger partial charge >= 0.3 is 0 Å². The zero-order chi connectivity index (χ0) is 11.0. The van der Waals surface area contributed by atoms with Crippen LogP contribution >= 0.6 is 0 Å². The number of ether oxygens (including phenoxy) is 2. The van der Waals surface area contributed by atoms with Gasteiger partial charge in [-0.1, -0.05) is 27.2 Å². The highest BCUT2D eigenvalue weighted by molar-refractivity contribution is 4.55. The number of rotatable bonds is 8. The van der Waals surface area contributed by atoms with Crippen LogP contribution in [0.4, 0.5) is 0 Å². The van der Waals surface area contributed by atoms with Crippen LogP contribution in [0.2, 0.25) is 0 Å². The average molecular weight is 203 g/mol. The molecule has 2 N–H and O–H groups in total. The Kier molecular flexibility index (Phi) is 8.14. The smallest absolute Gasteiger partial charge is 0.154 e. The molecule has 0 aromatic heterocycles. The van der Waals surface area contributed by atoms with E-state index >= 15 is 0 Å². The highest BCUT2D eigenvalue weighted by Crippen LogP contribution is 2.04. The Morgan fingerprint density at radius 1 is 1.00 bits per heavy atom. The van der Waals surface area contributed by atoms with E-state index in [1.807, 2.05) is 6.92 Å². The van der Waals surface area contributed by atoms with E-state index in [9.17, 15) is 0 Å². The molecule has 86 valence electrons. The lowest BCUT2D eigenvalue weighted by atomic mass is 10.1. The molecular formula is C11H25NO2. The van der Waals surface area contributed by atoms with Crippen molar-refractivity contribution in [3.05, 3.63) is 0 Å². The van der Waals surface area contributed by atoms with Crippen molar-refractivity contribution in [1.29, 1.82) is 0 Å². The second-order valence-corrected chi connectivity index (χ2v) is 3.92. The van der Waals surface area contributed by atoms with Crippen molar-refractivity contribution in [3.63, 3.8) is 0 Å². The Labute approximate surface area is 88.0 Å². The van der Waals surface area contributed by atoms with Gasteiger partial charge in [0.25, 0.3) is 0 Å². The van der Waals surface area contributed by atoms with Crippen LogP contribution in [0.25, 0.3) is 0 Å². The molecule has 0 fully saturated rings. The summed E-state index contributed by atoms with van der Waals surface area (Å²) in [5, 5.41) is 0. The predicted octanol–water partition coefficient (Wildman–Crippen LogP) is 2.15. The van der Waals surface area contributed by atoms with Gasteiger partial charge in [-0.3, -0.25) is 0 Å². The van der Waals surface area contributed by atoms with Crippen molar-refractivity contribution in [2.24, 2.45) is 11.7 Å². The SMILES string of the molecule is CCC(C)COC(C)OCC(N)CC. The lowest BCUT2D eigenvalue weighted by Crippen LogP contribution is -2.28. The molecule has 0 heterocycles. The van der Waals surface area contributed by atoms with Gasteiger partial charge in [0.05, 0.1) is 13.2 Å². The number of hydrogen-bond donors (Lipinski definition) is 1. The van der Waals surface area contributed by atoms with Crippen LogP contribution in [0.5, 0.6) is 0 Å². The van der Waals surface area contributed by atoms with Crippen LogP contribution < -0.4 is 5.73 Å². The van der Waals surface area contributed by atoms with Gasteiger partial charge < -0.3 is 15.2 Å². The topological polar surface area (TPSA) is 44.5 Å². The molecule has 3 heteroatoms. The molecule has 0 aliphatic heterocycles. The molecule has 0 spiro atoms. The highest BCUT2D eigenvalue weighted by atomic mass is 16.7. The summed E-state index contributed by atoms with van der Waals surface area (Å²) in [5.74, 6) is 0.598. The fourth-order valence-corrected chi connectivity index (χ4v) is 0.843. The molecular weight excluding hydrogens is 178 g/mol. The second-order valence-electron chi connectivity index (χ2n) is 3.92. The monoisotopic (exact) mass is 203 g/mol. The molecule has 0 aliphatic carbocycles. The van der Waals surface area contributed by atoms with E-state index in [0.29, 0.717) is 12.5 Å². The van der Waals surface area contributed by atoms with Gasteiger partial charge in [0.15, 0.2) is 6.29 Å². The molecule has 3 unspecified atom stereocenters. The summed E-state index contributed by atoms with van der Waals surface area (Å²) in [4.78, 5) is 0. The van der Waals surface area contributed by atoms with Crippen molar-refractivity contribution in [2.75, 3.05) is 13.2 Å². The van der Waals surface area contributed by atoms with Gasteiger partial charge in [0, 0.05) is 6.04 Å². The maximum Gasteiger partial charge on any atom is 0.154 e. The third-order valence-electron chi connectivity index (χ3n) is 2.38. The average Bonchev–Trinajstić information content (AvgIpc) is 2.22. The van der Waals surface area contributed by atoms with Crippen LogP contribution in [0, 0.1) is 5.92 Å². The van der Waals surface area contributed by atoms with Crippen LogP contribution in [0.3, 0.4) is 0 Å². The minimum Gasteiger partial charge on any atom is -0.353 e. The van der Waals surface area contributed by atoms with Crippen molar-refractivity contribution in [3.8, 4) is 0 Å². The van der Waals surface area contributed by atoms with E-state index in [1.54, 1.807) is 0 Å². The van der Waals surface area contributed by atoms with E-state index in [1.165, 1.54) is 0 Å². The molecule has 0 bridgehead atoms. The number of nitrogens with two attached hydrogens (primary N) is 1. The number of hydrogen-bond acceptors (Lipinski definition) is 3. The Bertz CT molecular complexity index is 116. The summed E-state index contributed by atoms with van der Waals surface area (Å²) in [6.07, 6.45) is 1.95. The molecule has 14 heavy (non-hydrogen) atoms. The summed E-state index contributed by atoms with van der Waals surface area (Å²) < 4.78 is 11.0. The Balaban J connectivity index is 3.40. The lowest BCUT2D eigenvalue weighted by Gasteiger charge is -2.18. The van der Waals surface area contributed by atoms with Crippen LogP contribution in [-0.4, -0.2) is 25.5 Å². The van der Waals surface area contributed by atoms with Crippen LogP contribution in [-0.2, 0) is 9.47 Å². The van der Waals surface area contributed by atoms with E-state index in [0.717, 1.165) is 19.4 Å². The molecule has 0 saturated carbocycles. The summed E-state index contributed by atoms with van der Waals surface area (Å²) in [5.41, 5.74) is 5.72. The molecule has 0 rings (SSSR count). The van der Waals surface area contributed by atoms with Gasteiger partial charge in [-0.15, -0.1) is 0 Å². The first-order valence-corrected chi connectivity index (χ1v) is 5.58. The van der Waals surface area contributed by atoms with Crippen molar-refractivity contribution in [2.45, 2.75) is 52.9 Å². The molecule has 0 aromatic rings. The summed E-state index contributed by atoms with van der Waals surface area (Å²) in [7, 11) is 0. The summed E-state index contributed by atoms with van der Waals surface area (Å²) in [6, 6.07) is 0.129. The van der Waals surface area contributed by atoms with Crippen molar-refractivity contribution in [1.82, 2.24) is 0 Å². The summed E-state index contributed by atoms with van der Waals surface area (Å²) in [6.45, 7) is 9.65. The molecule has 0 aliphatic rings. The minimum absolute atomic E-state index is 0.129. The fourth-order valence-electron chi connectivity index (χ4n) is 0.843. The zero-order valence-electron chi connectivity index (χ0n) is 9.95. The van der Waals surface area contributed by atoms with E-state index in [-0.39, 0.29) is 12.3 Å². The first kappa shape index (κ1) is 13.9. The Morgan fingerprint density at radius 3 is 2.07 bits per heavy atom. The lowest BCUT2D eigenvalue weighted by molar-refractivity contribution is -0.140. The van der Waals surface area contributed by atoms with E-state index in [2.05, 4.69) is 20.8 Å². The quantitative estimate of drug-likeness (QED) is 0.615. The molecule has 3 nitrogen and oxygen atoms in total. The van der Waals surface area contributed by atoms with Gasteiger partial charge in [0.2, 0.25) is 0 Å². The van der Waals surface area contributed by atoms with Crippen molar-refractivity contribution < 1.29 is 9.47 Å². The summed E-state index contributed by atoms with van der Waals surface area (Å²) >= 11 is 0. The second kappa shape index (κ2) is 8.21. The highest BCUT2D eigenvalue weighted by Gasteiger charge is 2.07. The normalized spacial score (nSPS) is 17.8. The zero-order valence-corrected chi connectivity index (χ0v) is 9.95. The van der Waals surface area contributed by atoms with Gasteiger partial charge in [-0.25, -0.2) is 0 Å². The van der Waals surface area contributed by atoms with Crippen LogP contribution in [0.1, 0.15) is 40.5 Å². The third kappa shape index (κ3) is 7.30. The Morgan fingerprint density at radius 2 is 1.57 bits per heavy atom. The predicted molar refractivity (Wildman–Crippen MR) is 59.1 cm³/mol. The van der Waals surface area contributed by atoms with Crippen LogP contribution in [0.15, 0.2) is 0 Å². The van der Waals surface area contributed by atoms with Gasteiger partial charge in [-0.05, 0) is 19.3 Å². The van der Waals surface area contributed by atoms with E-state index < -0.39 is 0 Å². The minimum atomic E-state index is -0.137. The largest absolute Gasteiger partial charge is 0.353 e. The maximum atomic E-state index is 5.72. The van der Waals surface area contributed by atoms with Gasteiger partial charge in [-0.2, -0.15) is 0 Å². The molecule has 0 amide bonds.